The molecule has 3 aromatic carbocycles. The maximum absolute atomic E-state index is 13.2. The fourth-order valence-electron chi connectivity index (χ4n) is 5.06. The van der Waals surface area contributed by atoms with Gasteiger partial charge >= 0.3 is 0 Å². The third-order valence-electron chi connectivity index (χ3n) is 7.11. The highest BCUT2D eigenvalue weighted by Crippen LogP contribution is 2.41. The van der Waals surface area contributed by atoms with Gasteiger partial charge in [0.15, 0.2) is 5.78 Å². The Morgan fingerprint density at radius 3 is 2.53 bits per heavy atom. The van der Waals surface area contributed by atoms with Gasteiger partial charge in [-0.2, -0.15) is 0 Å². The smallest absolute Gasteiger partial charge is 0.223 e. The Morgan fingerprint density at radius 1 is 1.00 bits per heavy atom. The minimum absolute atomic E-state index is 0.0195. The van der Waals surface area contributed by atoms with Gasteiger partial charge in [0, 0.05) is 36.2 Å². The predicted octanol–water partition coefficient (Wildman–Crippen LogP) is 6.15. The van der Waals surface area contributed by atoms with Crippen molar-refractivity contribution in [1.29, 1.82) is 0 Å². The summed E-state index contributed by atoms with van der Waals surface area (Å²) < 4.78 is 13.2. The van der Waals surface area contributed by atoms with Gasteiger partial charge in [-0.25, -0.2) is 14.4 Å². The van der Waals surface area contributed by atoms with Crippen molar-refractivity contribution in [1.82, 2.24) is 14.9 Å². The van der Waals surface area contributed by atoms with Crippen molar-refractivity contribution in [3.8, 4) is 11.3 Å². The highest BCUT2D eigenvalue weighted by molar-refractivity contribution is 5.97. The molecule has 5 rings (SSSR count). The number of carbonyl (C=O) groups is 1. The first-order chi connectivity index (χ1) is 18.5. The number of carbonyl (C=O) groups excluding carboxylic acids is 1. The van der Waals surface area contributed by atoms with Crippen LogP contribution in [0.2, 0.25) is 0 Å². The Bertz CT molecular complexity index is 1400. The molecule has 0 radical (unpaired) electrons. The molecule has 4 aromatic rings. The van der Waals surface area contributed by atoms with Crippen molar-refractivity contribution in [2.75, 3.05) is 32.5 Å². The summed E-state index contributed by atoms with van der Waals surface area (Å²) in [6.07, 6.45) is 5.28. The second kappa shape index (κ2) is 11.7. The number of nitrogens with one attached hydrogen (secondary N) is 1. The lowest BCUT2D eigenvalue weighted by molar-refractivity contribution is 0.0993. The molecule has 1 aliphatic carbocycles. The molecule has 1 aromatic heterocycles. The first kappa shape index (κ1) is 25.7. The van der Waals surface area contributed by atoms with E-state index in [0.717, 1.165) is 54.7 Å². The lowest BCUT2D eigenvalue weighted by Crippen LogP contribution is -2.16. The van der Waals surface area contributed by atoms with E-state index < -0.39 is 0 Å². The number of anilines is 1. The molecule has 1 heterocycles. The summed E-state index contributed by atoms with van der Waals surface area (Å²) in [5.74, 6) is 0.508. The number of aromatic nitrogens is 2. The summed E-state index contributed by atoms with van der Waals surface area (Å²) in [4.78, 5) is 24.3. The second-order valence-corrected chi connectivity index (χ2v) is 10.2. The highest BCUT2D eigenvalue weighted by Gasteiger charge is 2.27. The van der Waals surface area contributed by atoms with Crippen LogP contribution in [0.4, 0.5) is 10.3 Å². The summed E-state index contributed by atoms with van der Waals surface area (Å²) >= 11 is 0. The van der Waals surface area contributed by atoms with Crippen LogP contribution in [0.3, 0.4) is 0 Å². The van der Waals surface area contributed by atoms with Crippen LogP contribution in [0.25, 0.3) is 11.3 Å². The molecule has 0 bridgehead atoms. The van der Waals surface area contributed by atoms with Crippen LogP contribution >= 0.6 is 0 Å². The van der Waals surface area contributed by atoms with Gasteiger partial charge in [-0.3, -0.25) is 4.79 Å². The van der Waals surface area contributed by atoms with E-state index in [-0.39, 0.29) is 23.9 Å². The molecule has 194 valence electrons. The van der Waals surface area contributed by atoms with E-state index in [0.29, 0.717) is 11.5 Å². The van der Waals surface area contributed by atoms with Crippen molar-refractivity contribution in [2.45, 2.75) is 31.6 Å². The molecule has 0 aliphatic heterocycles. The van der Waals surface area contributed by atoms with Crippen molar-refractivity contribution in [3.63, 3.8) is 0 Å². The SMILES string of the molecule is CN(C)CCCCNc1ncc2c(n1)-c1ccccc1C(c1ccc(CC(=O)c3ccc(F)cc3)cc1)C2. The molecule has 1 atom stereocenters. The third kappa shape index (κ3) is 5.97. The summed E-state index contributed by atoms with van der Waals surface area (Å²) in [5, 5.41) is 3.39. The maximum atomic E-state index is 13.2. The number of hydrogen-bond donors (Lipinski definition) is 1. The average molecular weight is 509 g/mol. The van der Waals surface area contributed by atoms with Crippen LogP contribution in [0.15, 0.2) is 79.0 Å². The Kier molecular flexibility index (Phi) is 7.89. The van der Waals surface area contributed by atoms with E-state index in [9.17, 15) is 9.18 Å². The topological polar surface area (TPSA) is 58.1 Å². The van der Waals surface area contributed by atoms with Crippen LogP contribution in [-0.4, -0.2) is 47.8 Å². The van der Waals surface area contributed by atoms with Crippen molar-refractivity contribution in [2.24, 2.45) is 0 Å². The lowest BCUT2D eigenvalue weighted by atomic mass is 9.78. The first-order valence-electron chi connectivity index (χ1n) is 13.2. The Labute approximate surface area is 223 Å². The molecule has 0 fully saturated rings. The molecule has 1 aliphatic rings. The fraction of sp³-hybridized carbons (Fsp3) is 0.281. The number of benzene rings is 3. The fourth-order valence-corrected chi connectivity index (χ4v) is 5.06. The van der Waals surface area contributed by atoms with Crippen LogP contribution in [-0.2, 0) is 12.8 Å². The zero-order valence-electron chi connectivity index (χ0n) is 22.0. The number of halogens is 1. The van der Waals surface area contributed by atoms with E-state index in [2.05, 4.69) is 65.7 Å². The van der Waals surface area contributed by atoms with E-state index in [1.807, 2.05) is 18.3 Å². The van der Waals surface area contributed by atoms with Gasteiger partial charge in [-0.15, -0.1) is 0 Å². The molecule has 5 nitrogen and oxygen atoms in total. The molecule has 6 heteroatoms. The van der Waals surface area contributed by atoms with Gasteiger partial charge in [-0.1, -0.05) is 48.5 Å². The number of fused-ring (bicyclic) bond motifs is 3. The average Bonchev–Trinajstić information content (AvgIpc) is 2.93. The number of hydrogen-bond acceptors (Lipinski definition) is 5. The minimum Gasteiger partial charge on any atom is -0.354 e. The first-order valence-corrected chi connectivity index (χ1v) is 13.2. The quantitative estimate of drug-likeness (QED) is 0.206. The predicted molar refractivity (Wildman–Crippen MR) is 150 cm³/mol. The molecule has 0 saturated heterocycles. The zero-order chi connectivity index (χ0) is 26.5. The van der Waals surface area contributed by atoms with Crippen LogP contribution in [0.1, 0.15) is 51.4 Å². The molecular weight excluding hydrogens is 475 g/mol. The van der Waals surface area contributed by atoms with Gasteiger partial charge in [0.2, 0.25) is 5.95 Å². The van der Waals surface area contributed by atoms with Crippen molar-refractivity contribution in [3.05, 3.63) is 113 Å². The lowest BCUT2D eigenvalue weighted by Gasteiger charge is -2.27. The van der Waals surface area contributed by atoms with Crippen molar-refractivity contribution < 1.29 is 9.18 Å². The van der Waals surface area contributed by atoms with Gasteiger partial charge in [-0.05, 0) is 86.4 Å². The summed E-state index contributed by atoms with van der Waals surface area (Å²) in [5.41, 5.74) is 7.21. The summed E-state index contributed by atoms with van der Waals surface area (Å²) in [6, 6.07) is 22.5. The van der Waals surface area contributed by atoms with E-state index in [4.69, 9.17) is 4.98 Å². The zero-order valence-corrected chi connectivity index (χ0v) is 22.0. The van der Waals surface area contributed by atoms with Gasteiger partial charge in [0.05, 0.1) is 5.69 Å². The van der Waals surface area contributed by atoms with Crippen LogP contribution in [0, 0.1) is 5.82 Å². The molecule has 38 heavy (non-hydrogen) atoms. The summed E-state index contributed by atoms with van der Waals surface area (Å²) in [6.45, 7) is 1.93. The van der Waals surface area contributed by atoms with E-state index in [1.54, 1.807) is 0 Å². The largest absolute Gasteiger partial charge is 0.354 e. The molecule has 0 amide bonds. The molecule has 0 spiro atoms. The molecule has 0 saturated carbocycles. The molecule has 1 unspecified atom stereocenters. The number of unbranched alkanes of at least 4 members (excludes halogenated alkanes) is 1. The Hall–Kier alpha value is -3.90. The normalized spacial score (nSPS) is 14.2. The second-order valence-electron chi connectivity index (χ2n) is 10.2. The van der Waals surface area contributed by atoms with Gasteiger partial charge in [0.25, 0.3) is 0 Å². The third-order valence-corrected chi connectivity index (χ3v) is 7.11. The highest BCUT2D eigenvalue weighted by atomic mass is 19.1. The van der Waals surface area contributed by atoms with Crippen molar-refractivity contribution >= 4 is 11.7 Å². The number of ketones is 1. The Morgan fingerprint density at radius 2 is 1.76 bits per heavy atom. The number of rotatable bonds is 10. The van der Waals surface area contributed by atoms with Gasteiger partial charge in [0.1, 0.15) is 5.82 Å². The monoisotopic (exact) mass is 508 g/mol. The van der Waals surface area contributed by atoms with Crippen LogP contribution < -0.4 is 5.32 Å². The maximum Gasteiger partial charge on any atom is 0.223 e. The van der Waals surface area contributed by atoms with E-state index >= 15 is 0 Å². The van der Waals surface area contributed by atoms with E-state index in [1.165, 1.54) is 35.4 Å². The van der Waals surface area contributed by atoms with Gasteiger partial charge < -0.3 is 10.2 Å². The Balaban J connectivity index is 1.30. The molecular formula is C32H33FN4O. The van der Waals surface area contributed by atoms with Crippen LogP contribution in [0.5, 0.6) is 0 Å². The summed E-state index contributed by atoms with van der Waals surface area (Å²) in [7, 11) is 4.19. The minimum atomic E-state index is -0.339. The number of Topliss-reactive ketones (excluding diaryl/α,β-unsaturated/α-hetero) is 1. The molecule has 1 N–H and O–H groups in total. The number of nitrogens with zero attached hydrogens (tertiary/aromatic N) is 3. The standard InChI is InChI=1S/C32H33FN4O/c1-37(2)18-6-5-17-34-32-35-21-25-20-29(27-7-3-4-8-28(27)31(25)36-32)23-11-9-22(10-12-23)19-30(38)24-13-15-26(33)16-14-24/h3-4,7-16,21,29H,5-6,17-20H2,1-2H3,(H,34,35,36).